The first-order valence-corrected chi connectivity index (χ1v) is 37.2. The van der Waals surface area contributed by atoms with E-state index in [0.717, 1.165) is 20.8 Å². The average molecular weight is 1520 g/mol. The Morgan fingerprint density at radius 3 is 1.55 bits per heavy atom. The van der Waals surface area contributed by atoms with E-state index < -0.39 is 199 Å². The van der Waals surface area contributed by atoms with Crippen LogP contribution in [0.2, 0.25) is 0 Å². The van der Waals surface area contributed by atoms with Crippen molar-refractivity contribution in [3.8, 4) is 5.75 Å². The summed E-state index contributed by atoms with van der Waals surface area (Å²) in [6.45, 7) is 27.4. The number of nitrogens with one attached hydrogen (secondary N) is 4. The van der Waals surface area contributed by atoms with Crippen LogP contribution in [-0.2, 0) is 83.4 Å². The molecule has 108 heavy (non-hydrogen) atoms. The molecule has 1 aromatic carbocycles. The quantitative estimate of drug-likeness (QED) is 0.0339. The van der Waals surface area contributed by atoms with Gasteiger partial charge in [0, 0.05) is 72.4 Å². The Morgan fingerprint density at radius 1 is 0.537 bits per heavy atom. The van der Waals surface area contributed by atoms with Gasteiger partial charge in [0.05, 0.1) is 32.6 Å². The summed E-state index contributed by atoms with van der Waals surface area (Å²) in [4.78, 5) is 221. The molecule has 1 aliphatic rings. The summed E-state index contributed by atoms with van der Waals surface area (Å²) in [5.41, 5.74) is -0.262. The molecule has 2 heterocycles. The Kier molecular flexibility index (Phi) is 36.8. The predicted molar refractivity (Wildman–Crippen MR) is 403 cm³/mol. The van der Waals surface area contributed by atoms with Crippen LogP contribution in [0.4, 0.5) is 0 Å². The molecule has 31 nitrogen and oxygen atoms in total. The average Bonchev–Trinajstić information content (AvgIpc) is 0.810. The largest absolute Gasteiger partial charge is 0.497 e. The van der Waals surface area contributed by atoms with Crippen LogP contribution in [0.3, 0.4) is 0 Å². The molecule has 2 aromatic rings. The van der Waals surface area contributed by atoms with E-state index in [1.165, 1.54) is 103 Å². The van der Waals surface area contributed by atoms with Crippen molar-refractivity contribution in [3.05, 3.63) is 52.4 Å². The maximum Gasteiger partial charge on any atom is 0.342 e. The summed E-state index contributed by atoms with van der Waals surface area (Å²) in [6.07, 6.45) is -0.779. The van der Waals surface area contributed by atoms with Gasteiger partial charge in [-0.25, -0.2) is 9.59 Å². The summed E-state index contributed by atoms with van der Waals surface area (Å²) < 4.78 is 15.9. The van der Waals surface area contributed by atoms with Gasteiger partial charge in [0.25, 0.3) is 0 Å². The number of aliphatic hydroxyl groups is 1. The number of carbonyl (C=O) groups excluding carboxylic acids is 13. The maximum absolute atomic E-state index is 15.5. The number of aliphatic hydroxyl groups excluding tert-OH is 1. The van der Waals surface area contributed by atoms with Crippen molar-refractivity contribution < 1.29 is 91.1 Å². The van der Waals surface area contributed by atoms with Crippen molar-refractivity contribution in [2.24, 2.45) is 41.4 Å². The molecule has 0 radical (unpaired) electrons. The van der Waals surface area contributed by atoms with Crippen LogP contribution >= 0.6 is 0 Å². The highest BCUT2D eigenvalue weighted by Crippen LogP contribution is 2.28. The molecular formula is C77H123N11O20. The molecule has 3 rings (SSSR count). The number of hydrogen-bond acceptors (Lipinski definition) is 20. The molecule has 1 aromatic heterocycles. The second-order valence-electron chi connectivity index (χ2n) is 31.0. The highest BCUT2D eigenvalue weighted by atomic mass is 17.2. The number of esters is 1. The molecular weight excluding hydrogens is 1400 g/mol. The van der Waals surface area contributed by atoms with Crippen molar-refractivity contribution in [2.45, 2.75) is 242 Å². The summed E-state index contributed by atoms with van der Waals surface area (Å²) in [5, 5.41) is 23.7. The zero-order valence-corrected chi connectivity index (χ0v) is 68.1. The molecule has 13 atom stereocenters. The van der Waals surface area contributed by atoms with Crippen LogP contribution in [0.5, 0.6) is 5.75 Å². The fourth-order valence-electron chi connectivity index (χ4n) is 12.8. The normalized spacial score (nSPS) is 23.9. The van der Waals surface area contributed by atoms with Crippen molar-refractivity contribution in [1.29, 1.82) is 0 Å². The number of allylic oxidation sites excluding steroid dienone is 2. The number of amides is 11. The van der Waals surface area contributed by atoms with Gasteiger partial charge in [-0.2, -0.15) is 4.89 Å². The summed E-state index contributed by atoms with van der Waals surface area (Å²) in [7, 11) is 10.8. The number of ether oxygens (including phenoxy) is 2. The zero-order valence-electron chi connectivity index (χ0n) is 68.1. The molecule has 606 valence electrons. The first-order chi connectivity index (χ1) is 50.2. The van der Waals surface area contributed by atoms with Gasteiger partial charge in [-0.3, -0.25) is 62.4 Å². The Morgan fingerprint density at radius 2 is 1.02 bits per heavy atom. The molecule has 5 N–H and O–H groups in total. The lowest BCUT2D eigenvalue weighted by Gasteiger charge is -2.41. The molecule has 0 unspecified atom stereocenters. The monoisotopic (exact) mass is 1520 g/mol. The molecule has 31 heteroatoms. The summed E-state index contributed by atoms with van der Waals surface area (Å²) in [6, 6.07) is -8.27. The van der Waals surface area contributed by atoms with Gasteiger partial charge in [-0.15, -0.1) is 0 Å². The van der Waals surface area contributed by atoms with Gasteiger partial charge in [-0.1, -0.05) is 102 Å². The minimum atomic E-state index is -1.96. The zero-order chi connectivity index (χ0) is 82.4. The van der Waals surface area contributed by atoms with Crippen molar-refractivity contribution in [2.75, 3.05) is 63.0 Å². The number of carbonyl (C=O) groups is 13. The van der Waals surface area contributed by atoms with Gasteiger partial charge < -0.3 is 74.6 Å². The van der Waals surface area contributed by atoms with E-state index in [4.69, 9.17) is 23.7 Å². The van der Waals surface area contributed by atoms with E-state index in [2.05, 4.69) is 21.3 Å². The number of fused-ring (bicyclic) bond motifs is 1. The van der Waals surface area contributed by atoms with Crippen molar-refractivity contribution in [1.82, 2.24) is 55.6 Å². The highest BCUT2D eigenvalue weighted by molar-refractivity contribution is 6.00. The number of methoxy groups -OCH3 is 1. The highest BCUT2D eigenvalue weighted by Gasteiger charge is 2.47. The third-order valence-corrected chi connectivity index (χ3v) is 19.3. The minimum absolute atomic E-state index is 0.0292. The van der Waals surface area contributed by atoms with E-state index in [1.54, 1.807) is 79.7 Å². The molecule has 0 spiro atoms. The molecule has 0 aliphatic carbocycles. The lowest BCUT2D eigenvalue weighted by Crippen LogP contribution is -2.64. The van der Waals surface area contributed by atoms with E-state index in [-0.39, 0.29) is 61.4 Å². The van der Waals surface area contributed by atoms with Gasteiger partial charge in [0.15, 0.2) is 0 Å². The summed E-state index contributed by atoms with van der Waals surface area (Å²) >= 11 is 0. The molecule has 0 saturated carbocycles. The van der Waals surface area contributed by atoms with Crippen LogP contribution < -0.4 is 31.6 Å². The molecule has 11 amide bonds. The van der Waals surface area contributed by atoms with Gasteiger partial charge in [0.2, 0.25) is 65.0 Å². The molecule has 1 saturated heterocycles. The SMILES string of the molecule is C/C=C/C[C@@H](C)[C@@H](O)[C@H]1C(=O)N[C@@H]([C@@H](C)OOC(=O)CCC(=O)OCc2cc(=O)oc3cc(OC)ccc23)C(=O)N(C)CC(=O)N(C)[C@@H](CC(C)C)C(=O)N[C@@H](C(C)C)C(=O)N(C)[C@@H](CC(C)C)C(=O)N[C@@H](C)C(=O)N[C@H](C)C(=O)N(C)[C@@H](CC(C)C)C(=O)N(C)[C@@H](CC(C)C)C(=O)N(C)[C@@H](C(C)C)C(=O)N1C. The van der Waals surface area contributed by atoms with E-state index >= 15 is 24.0 Å². The number of nitrogens with zero attached hydrogens (tertiary/aromatic N) is 7. The van der Waals surface area contributed by atoms with Gasteiger partial charge in [0.1, 0.15) is 84.5 Å². The number of benzene rings is 1. The standard InChI is InChI=1S/C77H123N11O20/c1-26-27-28-47(14)67(93)66-71(97)81-64(50(17)107-108-61(91)32-31-60(90)105-40-51-37-62(92)106-58-38-52(104-25)29-30-53(51)58)75(101)82(18)39-59(89)83(19)54(33-41(2)3)70(96)80-63(45(10)11)76(102)84(20)55(34-42(4)5)69(95)78-48(15)68(94)79-49(16)72(98)85(21)56(35-43(6)7)73(99)86(22)57(36-44(8)9)74(100)87(23)65(46(12)13)77(103)88(66)24/h26-27,29-30,37-38,41-50,54-57,63-67,93H,28,31-36,39-40H2,1-25H3,(H,78,95)(H,79,94)(H,80,96)(H,81,97)/b27-26+/t47-,48+,49-,50-,54+,55+,56+,57+,63+,64+,65+,66+,67-/m1/s1. The number of likely N-dealkylation sites (N-methyl/N-ethyl adjacent to an activating group) is 7. The van der Waals surface area contributed by atoms with Crippen LogP contribution in [-0.4, -0.2) is 252 Å². The Balaban J connectivity index is 2.34. The fraction of sp³-hybridized carbons (Fsp3) is 0.688. The smallest absolute Gasteiger partial charge is 0.342 e. The Hall–Kier alpha value is -9.00. The van der Waals surface area contributed by atoms with Crippen molar-refractivity contribution in [3.63, 3.8) is 0 Å². The molecule has 1 aliphatic heterocycles. The van der Waals surface area contributed by atoms with Crippen LogP contribution in [0.1, 0.15) is 168 Å². The number of hydrogen-bond donors (Lipinski definition) is 5. The van der Waals surface area contributed by atoms with Crippen LogP contribution in [0.25, 0.3) is 11.0 Å². The molecule has 0 bridgehead atoms. The minimum Gasteiger partial charge on any atom is -0.497 e. The maximum atomic E-state index is 15.5. The third-order valence-electron chi connectivity index (χ3n) is 19.3. The van der Waals surface area contributed by atoms with Crippen LogP contribution in [0, 0.1) is 41.4 Å². The second kappa shape index (κ2) is 42.7. The van der Waals surface area contributed by atoms with E-state index in [0.29, 0.717) is 16.7 Å². The summed E-state index contributed by atoms with van der Waals surface area (Å²) in [5.74, 6) is -13.6. The Labute approximate surface area is 636 Å². The lowest BCUT2D eigenvalue weighted by molar-refractivity contribution is -0.298. The van der Waals surface area contributed by atoms with Gasteiger partial charge >= 0.3 is 17.6 Å². The topological polar surface area (TPSA) is 380 Å². The molecule has 1 fully saturated rings. The third kappa shape index (κ3) is 26.1. The van der Waals surface area contributed by atoms with Crippen molar-refractivity contribution >= 4 is 87.9 Å². The Bertz CT molecular complexity index is 3560. The fourth-order valence-corrected chi connectivity index (χ4v) is 12.8. The number of rotatable bonds is 23. The first-order valence-electron chi connectivity index (χ1n) is 37.2. The second-order valence-corrected chi connectivity index (χ2v) is 31.0. The van der Waals surface area contributed by atoms with Crippen LogP contribution in [0.15, 0.2) is 45.6 Å². The van der Waals surface area contributed by atoms with Gasteiger partial charge in [-0.05, 0) is 113 Å². The lowest BCUT2D eigenvalue weighted by atomic mass is 9.91. The van der Waals surface area contributed by atoms with E-state index in [1.807, 2.05) is 41.5 Å². The first kappa shape index (κ1) is 93.2. The van der Waals surface area contributed by atoms with E-state index in [9.17, 15) is 48.3 Å². The predicted octanol–water partition coefficient (Wildman–Crippen LogP) is 4.36.